The van der Waals surface area contributed by atoms with Crippen molar-refractivity contribution in [1.82, 2.24) is 0 Å². The lowest BCUT2D eigenvalue weighted by Gasteiger charge is -2.21. The number of ether oxygens (including phenoxy) is 1. The summed E-state index contributed by atoms with van der Waals surface area (Å²) in [5.41, 5.74) is 0.513. The highest BCUT2D eigenvalue weighted by Crippen LogP contribution is 2.69. The third-order valence-corrected chi connectivity index (χ3v) is 4.45. The Labute approximate surface area is 86.0 Å². The van der Waals surface area contributed by atoms with Gasteiger partial charge in [0, 0.05) is 6.92 Å². The molecule has 2 rings (SSSR count). The largest absolute Gasteiger partial charge is 0.462 e. The van der Waals surface area contributed by atoms with Crippen LogP contribution in [0, 0.1) is 23.2 Å². The number of hydrogen-bond donors (Lipinski definition) is 0. The van der Waals surface area contributed by atoms with E-state index in [1.807, 2.05) is 0 Å². The quantitative estimate of drug-likeness (QED) is 0.635. The fraction of sp³-hybridized carbons (Fsp3) is 0.917. The van der Waals surface area contributed by atoms with E-state index in [0.29, 0.717) is 11.3 Å². The zero-order chi connectivity index (χ0) is 10.5. The summed E-state index contributed by atoms with van der Waals surface area (Å²) in [7, 11) is 0. The van der Waals surface area contributed by atoms with E-state index in [1.165, 1.54) is 13.3 Å². The Bertz CT molecular complexity index is 259. The molecule has 0 unspecified atom stereocenters. The molecule has 0 aromatic rings. The van der Waals surface area contributed by atoms with Gasteiger partial charge in [0.15, 0.2) is 0 Å². The summed E-state index contributed by atoms with van der Waals surface area (Å²) >= 11 is 0. The van der Waals surface area contributed by atoms with Crippen molar-refractivity contribution in [2.24, 2.45) is 23.2 Å². The van der Waals surface area contributed by atoms with E-state index >= 15 is 0 Å². The Balaban J connectivity index is 2.03. The highest BCUT2D eigenvalue weighted by atomic mass is 16.5. The molecule has 2 aliphatic rings. The maximum Gasteiger partial charge on any atom is 0.302 e. The molecule has 14 heavy (non-hydrogen) atoms. The molecule has 2 heteroatoms. The lowest BCUT2D eigenvalue weighted by molar-refractivity contribution is -0.148. The minimum Gasteiger partial charge on any atom is -0.462 e. The maximum absolute atomic E-state index is 10.9. The van der Waals surface area contributed by atoms with Crippen LogP contribution < -0.4 is 0 Å². The zero-order valence-electron chi connectivity index (χ0n) is 9.54. The van der Waals surface area contributed by atoms with Gasteiger partial charge in [0.25, 0.3) is 0 Å². The molecule has 0 saturated heterocycles. The van der Waals surface area contributed by atoms with Crippen LogP contribution >= 0.6 is 0 Å². The van der Waals surface area contributed by atoms with Crippen LogP contribution in [0.3, 0.4) is 0 Å². The van der Waals surface area contributed by atoms with E-state index in [2.05, 4.69) is 20.8 Å². The minimum atomic E-state index is -0.123. The SMILES string of the molecule is CC(=O)O[C@H]1C[C@]2(C(C)C)C[C@@H]2[C@@H]1C. The summed E-state index contributed by atoms with van der Waals surface area (Å²) in [5, 5.41) is 0. The molecule has 4 atom stereocenters. The second kappa shape index (κ2) is 2.98. The van der Waals surface area contributed by atoms with Crippen molar-refractivity contribution >= 4 is 5.97 Å². The molecular weight excluding hydrogens is 176 g/mol. The van der Waals surface area contributed by atoms with Crippen molar-refractivity contribution in [2.45, 2.75) is 46.6 Å². The Hall–Kier alpha value is -0.530. The Morgan fingerprint density at radius 2 is 2.07 bits per heavy atom. The molecule has 0 heterocycles. The Morgan fingerprint density at radius 1 is 1.43 bits per heavy atom. The minimum absolute atomic E-state index is 0.123. The number of fused-ring (bicyclic) bond motifs is 1. The maximum atomic E-state index is 10.9. The van der Waals surface area contributed by atoms with Crippen LogP contribution in [0.1, 0.15) is 40.5 Å². The normalized spacial score (nSPS) is 45.1. The molecule has 0 spiro atoms. The molecule has 0 bridgehead atoms. The van der Waals surface area contributed by atoms with E-state index in [0.717, 1.165) is 18.3 Å². The summed E-state index contributed by atoms with van der Waals surface area (Å²) in [5.74, 6) is 1.99. The molecule has 0 radical (unpaired) electrons. The van der Waals surface area contributed by atoms with Crippen LogP contribution in [-0.4, -0.2) is 12.1 Å². The smallest absolute Gasteiger partial charge is 0.302 e. The van der Waals surface area contributed by atoms with Crippen molar-refractivity contribution in [3.63, 3.8) is 0 Å². The van der Waals surface area contributed by atoms with Crippen molar-refractivity contribution < 1.29 is 9.53 Å². The predicted octanol–water partition coefficient (Wildman–Crippen LogP) is 2.62. The topological polar surface area (TPSA) is 26.3 Å². The number of carbonyl (C=O) groups is 1. The van der Waals surface area contributed by atoms with E-state index in [-0.39, 0.29) is 12.1 Å². The van der Waals surface area contributed by atoms with Gasteiger partial charge in [-0.05, 0) is 36.0 Å². The summed E-state index contributed by atoms with van der Waals surface area (Å²) in [6, 6.07) is 0. The molecule has 80 valence electrons. The fourth-order valence-corrected chi connectivity index (χ4v) is 3.38. The van der Waals surface area contributed by atoms with Crippen molar-refractivity contribution in [3.05, 3.63) is 0 Å². The molecule has 2 saturated carbocycles. The van der Waals surface area contributed by atoms with Gasteiger partial charge < -0.3 is 4.74 Å². The van der Waals surface area contributed by atoms with E-state index in [4.69, 9.17) is 4.74 Å². The third kappa shape index (κ3) is 1.27. The Kier molecular flexibility index (Phi) is 2.13. The average molecular weight is 196 g/mol. The molecule has 0 amide bonds. The molecule has 0 aliphatic heterocycles. The monoisotopic (exact) mass is 196 g/mol. The van der Waals surface area contributed by atoms with Crippen LogP contribution in [-0.2, 0) is 9.53 Å². The second-order valence-electron chi connectivity index (χ2n) is 5.41. The molecule has 0 N–H and O–H groups in total. The number of hydrogen-bond acceptors (Lipinski definition) is 2. The number of carbonyl (C=O) groups excluding carboxylic acids is 1. The summed E-state index contributed by atoms with van der Waals surface area (Å²) < 4.78 is 5.36. The Morgan fingerprint density at radius 3 is 2.50 bits per heavy atom. The molecular formula is C12H20O2. The second-order valence-corrected chi connectivity index (χ2v) is 5.41. The van der Waals surface area contributed by atoms with Gasteiger partial charge in [-0.3, -0.25) is 4.79 Å². The molecule has 0 aromatic carbocycles. The van der Waals surface area contributed by atoms with Gasteiger partial charge in [0.2, 0.25) is 0 Å². The molecule has 2 nitrogen and oxygen atoms in total. The fourth-order valence-electron chi connectivity index (χ4n) is 3.38. The first-order valence-electron chi connectivity index (χ1n) is 5.64. The van der Waals surface area contributed by atoms with E-state index in [1.54, 1.807) is 0 Å². The van der Waals surface area contributed by atoms with Gasteiger partial charge in [-0.15, -0.1) is 0 Å². The van der Waals surface area contributed by atoms with Crippen molar-refractivity contribution in [1.29, 1.82) is 0 Å². The van der Waals surface area contributed by atoms with Crippen LogP contribution in [0.15, 0.2) is 0 Å². The first-order valence-corrected chi connectivity index (χ1v) is 5.64. The summed E-state index contributed by atoms with van der Waals surface area (Å²) in [4.78, 5) is 10.9. The highest BCUT2D eigenvalue weighted by Gasteiger charge is 2.65. The number of rotatable bonds is 2. The first kappa shape index (κ1) is 10.0. The van der Waals surface area contributed by atoms with Crippen LogP contribution in [0.25, 0.3) is 0 Å². The summed E-state index contributed by atoms with van der Waals surface area (Å²) in [6.45, 7) is 8.33. The molecule has 2 fully saturated rings. The van der Waals surface area contributed by atoms with Gasteiger partial charge in [-0.1, -0.05) is 20.8 Å². The van der Waals surface area contributed by atoms with E-state index < -0.39 is 0 Å². The van der Waals surface area contributed by atoms with Crippen molar-refractivity contribution in [3.8, 4) is 0 Å². The summed E-state index contributed by atoms with van der Waals surface area (Å²) in [6.07, 6.45) is 2.63. The third-order valence-electron chi connectivity index (χ3n) is 4.45. The lowest BCUT2D eigenvalue weighted by atomic mass is 9.89. The average Bonchev–Trinajstić information content (AvgIpc) is 2.71. The van der Waals surface area contributed by atoms with Gasteiger partial charge in [-0.2, -0.15) is 0 Å². The highest BCUT2D eigenvalue weighted by molar-refractivity contribution is 5.66. The zero-order valence-corrected chi connectivity index (χ0v) is 9.54. The van der Waals surface area contributed by atoms with Crippen LogP contribution in [0.4, 0.5) is 0 Å². The molecule has 2 aliphatic carbocycles. The number of esters is 1. The van der Waals surface area contributed by atoms with E-state index in [9.17, 15) is 4.79 Å². The van der Waals surface area contributed by atoms with Gasteiger partial charge in [-0.25, -0.2) is 0 Å². The standard InChI is InChI=1S/C12H20O2/c1-7(2)12-5-10(12)8(3)11(6-12)14-9(4)13/h7-8,10-11H,5-6H2,1-4H3/t8-,10+,11-,12-/m0/s1. The predicted molar refractivity (Wildman–Crippen MR) is 54.7 cm³/mol. The van der Waals surface area contributed by atoms with Crippen LogP contribution in [0.5, 0.6) is 0 Å². The van der Waals surface area contributed by atoms with Gasteiger partial charge >= 0.3 is 5.97 Å². The first-order chi connectivity index (χ1) is 6.47. The van der Waals surface area contributed by atoms with Gasteiger partial charge in [0.05, 0.1) is 0 Å². The van der Waals surface area contributed by atoms with Crippen molar-refractivity contribution in [2.75, 3.05) is 0 Å². The lowest BCUT2D eigenvalue weighted by Crippen LogP contribution is -2.22. The van der Waals surface area contributed by atoms with Crippen LogP contribution in [0.2, 0.25) is 0 Å². The molecule has 0 aromatic heterocycles. The van der Waals surface area contributed by atoms with Gasteiger partial charge in [0.1, 0.15) is 6.10 Å².